The van der Waals surface area contributed by atoms with E-state index in [1.807, 2.05) is 0 Å². The van der Waals surface area contributed by atoms with Crippen molar-refractivity contribution in [3.8, 4) is 0 Å². The van der Waals surface area contributed by atoms with Crippen LogP contribution >= 0.6 is 0 Å². The number of hydrogen-bond donors (Lipinski definition) is 0. The molecule has 0 aliphatic carbocycles. The Labute approximate surface area is 174 Å². The Kier molecular flexibility index (Phi) is 27.0. The molecule has 168 valence electrons. The zero-order valence-electron chi connectivity index (χ0n) is 18.8. The summed E-state index contributed by atoms with van der Waals surface area (Å²) < 4.78 is 0. The van der Waals surface area contributed by atoms with E-state index in [4.69, 9.17) is 0 Å². The zero-order chi connectivity index (χ0) is 21.3. The summed E-state index contributed by atoms with van der Waals surface area (Å²) in [6, 6.07) is 0. The molecule has 0 saturated heterocycles. The van der Waals surface area contributed by atoms with E-state index in [9.17, 15) is 19.8 Å². The third-order valence-corrected chi connectivity index (χ3v) is 4.97. The van der Waals surface area contributed by atoms with Gasteiger partial charge in [0.1, 0.15) is 0 Å². The molecule has 0 bridgehead atoms. The second kappa shape index (κ2) is 25.9. The van der Waals surface area contributed by atoms with Crippen LogP contribution in [0.1, 0.15) is 142 Å². The van der Waals surface area contributed by atoms with Crippen molar-refractivity contribution < 1.29 is 19.8 Å². The van der Waals surface area contributed by atoms with Crippen molar-refractivity contribution in [2.75, 3.05) is 0 Å². The monoisotopic (exact) mass is 398 g/mol. The maximum atomic E-state index is 10.2. The smallest absolute Gasteiger partial charge is 0.0414 e. The van der Waals surface area contributed by atoms with Gasteiger partial charge in [-0.25, -0.2) is 0 Å². The second-order valence-electron chi connectivity index (χ2n) is 7.90. The van der Waals surface area contributed by atoms with Crippen LogP contribution in [0.15, 0.2) is 0 Å². The fourth-order valence-electron chi connectivity index (χ4n) is 3.16. The highest BCUT2D eigenvalue weighted by atomic mass is 16.4. The van der Waals surface area contributed by atoms with Gasteiger partial charge in [-0.2, -0.15) is 0 Å². The molecule has 0 fully saturated rings. The van der Waals surface area contributed by atoms with Crippen molar-refractivity contribution in [2.24, 2.45) is 0 Å². The number of hydrogen-bond acceptors (Lipinski definition) is 4. The normalized spacial score (nSPS) is 10.4. The lowest BCUT2D eigenvalue weighted by Crippen LogP contribution is -2.21. The molecule has 4 heteroatoms. The predicted octanol–water partition coefficient (Wildman–Crippen LogP) is 5.31. The van der Waals surface area contributed by atoms with Crippen LogP contribution in [0.25, 0.3) is 0 Å². The molecule has 0 amide bonds. The molecule has 0 aromatic heterocycles. The van der Waals surface area contributed by atoms with Crippen molar-refractivity contribution in [1.29, 1.82) is 0 Å². The van der Waals surface area contributed by atoms with Gasteiger partial charge >= 0.3 is 0 Å². The number of unbranched alkanes of at least 4 members (excludes halogenated alkanes) is 16. The third-order valence-electron chi connectivity index (χ3n) is 4.97. The summed E-state index contributed by atoms with van der Waals surface area (Å²) in [4.78, 5) is 20.1. The van der Waals surface area contributed by atoms with Gasteiger partial charge in [0.15, 0.2) is 0 Å². The van der Waals surface area contributed by atoms with E-state index >= 15 is 0 Å². The first-order valence-corrected chi connectivity index (χ1v) is 11.9. The molecule has 0 N–H and O–H groups in total. The first kappa shape index (κ1) is 29.1. The van der Waals surface area contributed by atoms with Crippen LogP contribution in [0, 0.1) is 0 Å². The van der Waals surface area contributed by atoms with Crippen LogP contribution in [0.4, 0.5) is 0 Å². The zero-order valence-corrected chi connectivity index (χ0v) is 18.8. The minimum Gasteiger partial charge on any atom is -0.550 e. The quantitative estimate of drug-likeness (QED) is 0.260. The lowest BCUT2D eigenvalue weighted by Gasteiger charge is -2.03. The molecule has 0 aromatic rings. The Bertz CT molecular complexity index is 329. The highest BCUT2D eigenvalue weighted by molar-refractivity contribution is 5.64. The lowest BCUT2D eigenvalue weighted by molar-refractivity contribution is -0.307. The molecule has 0 rings (SSSR count). The summed E-state index contributed by atoms with van der Waals surface area (Å²) in [5, 5.41) is 20.1. The van der Waals surface area contributed by atoms with Crippen LogP contribution in [-0.4, -0.2) is 11.9 Å². The van der Waals surface area contributed by atoms with Crippen molar-refractivity contribution in [1.82, 2.24) is 0 Å². The molecule has 4 nitrogen and oxygen atoms in total. The van der Waals surface area contributed by atoms with E-state index in [-0.39, 0.29) is 12.8 Å². The average Bonchev–Trinajstić information content (AvgIpc) is 2.65. The summed E-state index contributed by atoms with van der Waals surface area (Å²) in [5.74, 6) is -1.82. The van der Waals surface area contributed by atoms with Crippen LogP contribution < -0.4 is 10.2 Å². The van der Waals surface area contributed by atoms with E-state index in [1.165, 1.54) is 83.5 Å². The van der Waals surface area contributed by atoms with E-state index in [2.05, 4.69) is 13.8 Å². The maximum Gasteiger partial charge on any atom is 0.0414 e. The largest absolute Gasteiger partial charge is 0.550 e. The number of carbonyl (C=O) groups excluding carboxylic acids is 2. The summed E-state index contributed by atoms with van der Waals surface area (Å²) in [6.07, 6.45) is 22.5. The number of rotatable bonds is 20. The molecule has 0 atom stereocenters. The van der Waals surface area contributed by atoms with E-state index in [1.54, 1.807) is 0 Å². The molecular weight excluding hydrogens is 352 g/mol. The van der Waals surface area contributed by atoms with Gasteiger partial charge in [-0.15, -0.1) is 0 Å². The molecule has 0 aromatic carbocycles. The molecule has 0 radical (unpaired) electrons. The Balaban J connectivity index is 0. The van der Waals surface area contributed by atoms with Crippen molar-refractivity contribution in [3.63, 3.8) is 0 Å². The summed E-state index contributed by atoms with van der Waals surface area (Å²) >= 11 is 0. The molecule has 0 unspecified atom stereocenters. The summed E-state index contributed by atoms with van der Waals surface area (Å²) in [6.45, 7) is 4.39. The SMILES string of the molecule is CCCCCCCC(=O)[O-].CCCCCCCCCCCCCCCC(=O)[O-]. The van der Waals surface area contributed by atoms with Gasteiger partial charge in [-0.3, -0.25) is 0 Å². The molecular formula is C24H46O4-2. The van der Waals surface area contributed by atoms with Crippen LogP contribution in [-0.2, 0) is 9.59 Å². The van der Waals surface area contributed by atoms with Gasteiger partial charge in [-0.05, 0) is 25.7 Å². The third kappa shape index (κ3) is 32.6. The Morgan fingerprint density at radius 1 is 0.429 bits per heavy atom. The Hall–Kier alpha value is -1.06. The molecule has 0 aliphatic heterocycles. The molecule has 0 aliphatic rings. The fraction of sp³-hybridized carbons (Fsp3) is 0.917. The van der Waals surface area contributed by atoms with Crippen LogP contribution in [0.2, 0.25) is 0 Å². The summed E-state index contributed by atoms with van der Waals surface area (Å²) in [7, 11) is 0. The maximum absolute atomic E-state index is 10.2. The first-order chi connectivity index (χ1) is 13.5. The van der Waals surface area contributed by atoms with E-state index in [0.29, 0.717) is 0 Å². The van der Waals surface area contributed by atoms with Gasteiger partial charge in [0, 0.05) is 11.9 Å². The van der Waals surface area contributed by atoms with Gasteiger partial charge in [0.2, 0.25) is 0 Å². The van der Waals surface area contributed by atoms with Crippen LogP contribution in [0.5, 0.6) is 0 Å². The van der Waals surface area contributed by atoms with Crippen molar-refractivity contribution in [2.45, 2.75) is 142 Å². The van der Waals surface area contributed by atoms with Gasteiger partial charge < -0.3 is 19.8 Å². The standard InChI is InChI=1S/C16H32O2.C8H16O2/c1-2-3-4-5-6-7-8-9-10-11-12-13-14-15-16(17)18;1-2-3-4-5-6-7-8(9)10/h2-15H2,1H3,(H,17,18);2-7H2,1H3,(H,9,10)/p-2. The predicted molar refractivity (Wildman–Crippen MR) is 114 cm³/mol. The highest BCUT2D eigenvalue weighted by Gasteiger charge is 1.94. The minimum absolute atomic E-state index is 0.226. The molecule has 0 saturated carbocycles. The van der Waals surface area contributed by atoms with E-state index in [0.717, 1.165) is 32.1 Å². The average molecular weight is 399 g/mol. The van der Waals surface area contributed by atoms with Gasteiger partial charge in [-0.1, -0.05) is 117 Å². The van der Waals surface area contributed by atoms with E-state index < -0.39 is 11.9 Å². The summed E-state index contributed by atoms with van der Waals surface area (Å²) in [5.41, 5.74) is 0. The molecule has 0 heterocycles. The minimum atomic E-state index is -0.920. The van der Waals surface area contributed by atoms with Crippen molar-refractivity contribution >= 4 is 11.9 Å². The van der Waals surface area contributed by atoms with Crippen LogP contribution in [0.3, 0.4) is 0 Å². The number of carbonyl (C=O) groups is 2. The Morgan fingerprint density at radius 3 is 0.857 bits per heavy atom. The second-order valence-corrected chi connectivity index (χ2v) is 7.90. The first-order valence-electron chi connectivity index (χ1n) is 11.9. The lowest BCUT2D eigenvalue weighted by atomic mass is 10.0. The topological polar surface area (TPSA) is 80.3 Å². The van der Waals surface area contributed by atoms with Gasteiger partial charge in [0.05, 0.1) is 0 Å². The fourth-order valence-corrected chi connectivity index (χ4v) is 3.16. The number of carboxylic acids is 2. The highest BCUT2D eigenvalue weighted by Crippen LogP contribution is 2.12. The number of aliphatic carboxylic acids is 2. The van der Waals surface area contributed by atoms with Crippen molar-refractivity contribution in [3.05, 3.63) is 0 Å². The van der Waals surface area contributed by atoms with Gasteiger partial charge in [0.25, 0.3) is 0 Å². The molecule has 28 heavy (non-hydrogen) atoms. The molecule has 0 spiro atoms. The number of carboxylic acid groups (broad SMARTS) is 2. The Morgan fingerprint density at radius 2 is 0.643 bits per heavy atom.